The zero-order chi connectivity index (χ0) is 21.1. The molecule has 0 aliphatic heterocycles. The number of benzene rings is 2. The van der Waals surface area contributed by atoms with E-state index in [0.717, 1.165) is 5.52 Å². The zero-order valence-corrected chi connectivity index (χ0v) is 17.4. The second kappa shape index (κ2) is 8.90. The Hall–Kier alpha value is -2.83. The second-order valence-electron chi connectivity index (χ2n) is 6.81. The quantitative estimate of drug-likeness (QED) is 0.415. The van der Waals surface area contributed by atoms with Gasteiger partial charge in [0.25, 0.3) is 0 Å². The monoisotopic (exact) mass is 445 g/mol. The highest BCUT2D eigenvalue weighted by atomic mass is 35.5. The van der Waals surface area contributed by atoms with Gasteiger partial charge in [-0.05, 0) is 35.9 Å². The van der Waals surface area contributed by atoms with Crippen molar-refractivity contribution in [2.75, 3.05) is 0 Å². The summed E-state index contributed by atoms with van der Waals surface area (Å²) in [6, 6.07) is 13.5. The SMILES string of the molecule is O=C(CCn1c(Cc2ccccc2F)nc2cc(Cl)c(Cl)cc21)NCc1ccco1. The molecule has 0 bridgehead atoms. The fourth-order valence-electron chi connectivity index (χ4n) is 3.27. The van der Waals surface area contributed by atoms with Crippen LogP contribution in [-0.4, -0.2) is 15.5 Å². The molecule has 8 heteroatoms. The molecular weight excluding hydrogens is 428 g/mol. The van der Waals surface area contributed by atoms with Crippen LogP contribution in [0, 0.1) is 5.82 Å². The Kier molecular flexibility index (Phi) is 6.06. The van der Waals surface area contributed by atoms with Crippen LogP contribution in [-0.2, 0) is 24.3 Å². The molecule has 30 heavy (non-hydrogen) atoms. The molecule has 2 aromatic heterocycles. The van der Waals surface area contributed by atoms with Crippen LogP contribution in [0.15, 0.2) is 59.2 Å². The van der Waals surface area contributed by atoms with E-state index in [9.17, 15) is 9.18 Å². The van der Waals surface area contributed by atoms with E-state index in [2.05, 4.69) is 10.3 Å². The van der Waals surface area contributed by atoms with Gasteiger partial charge in [-0.1, -0.05) is 41.4 Å². The van der Waals surface area contributed by atoms with Crippen LogP contribution in [0.3, 0.4) is 0 Å². The van der Waals surface area contributed by atoms with Gasteiger partial charge in [0, 0.05) is 19.4 Å². The largest absolute Gasteiger partial charge is 0.467 e. The Morgan fingerprint density at radius 2 is 1.93 bits per heavy atom. The van der Waals surface area contributed by atoms with Gasteiger partial charge in [0.1, 0.15) is 17.4 Å². The molecule has 4 rings (SSSR count). The van der Waals surface area contributed by atoms with Crippen LogP contribution in [0.4, 0.5) is 4.39 Å². The minimum absolute atomic E-state index is 0.134. The number of rotatable bonds is 7. The maximum absolute atomic E-state index is 14.2. The van der Waals surface area contributed by atoms with E-state index >= 15 is 0 Å². The summed E-state index contributed by atoms with van der Waals surface area (Å²) in [6.45, 7) is 0.683. The van der Waals surface area contributed by atoms with Crippen molar-refractivity contribution >= 4 is 40.1 Å². The van der Waals surface area contributed by atoms with Crippen molar-refractivity contribution in [3.63, 3.8) is 0 Å². The molecule has 0 saturated carbocycles. The highest BCUT2D eigenvalue weighted by Crippen LogP contribution is 2.29. The van der Waals surface area contributed by atoms with Crippen molar-refractivity contribution in [2.45, 2.75) is 25.9 Å². The van der Waals surface area contributed by atoms with E-state index < -0.39 is 0 Å². The average molecular weight is 446 g/mol. The normalized spacial score (nSPS) is 11.2. The Labute approximate surface area is 182 Å². The number of nitrogens with one attached hydrogen (secondary N) is 1. The first kappa shape index (κ1) is 20.4. The number of furan rings is 1. The number of imidazole rings is 1. The van der Waals surface area contributed by atoms with E-state index in [1.165, 1.54) is 6.07 Å². The van der Waals surface area contributed by atoms with E-state index in [1.807, 2.05) is 4.57 Å². The Balaban J connectivity index is 1.58. The number of hydrogen-bond donors (Lipinski definition) is 1. The highest BCUT2D eigenvalue weighted by molar-refractivity contribution is 6.42. The molecule has 154 valence electrons. The molecule has 5 nitrogen and oxygen atoms in total. The minimum Gasteiger partial charge on any atom is -0.467 e. The van der Waals surface area contributed by atoms with Crippen LogP contribution in [0.1, 0.15) is 23.6 Å². The van der Waals surface area contributed by atoms with Gasteiger partial charge in [0.15, 0.2) is 0 Å². The predicted molar refractivity (Wildman–Crippen MR) is 114 cm³/mol. The number of carbonyl (C=O) groups is 1. The molecule has 4 aromatic rings. The first-order chi connectivity index (χ1) is 14.5. The lowest BCUT2D eigenvalue weighted by Gasteiger charge is -2.10. The number of hydrogen-bond acceptors (Lipinski definition) is 3. The average Bonchev–Trinajstić information content (AvgIpc) is 3.35. The lowest BCUT2D eigenvalue weighted by Crippen LogP contribution is -2.24. The standard InChI is InChI=1S/C22H18Cl2FN3O2/c23-16-11-19-20(12-17(16)24)28(8-7-22(29)26-13-15-5-3-9-30-15)21(27-19)10-14-4-1-2-6-18(14)25/h1-6,9,11-12H,7-8,10,13H2,(H,26,29). The molecule has 0 fully saturated rings. The lowest BCUT2D eigenvalue weighted by atomic mass is 10.1. The lowest BCUT2D eigenvalue weighted by molar-refractivity contribution is -0.121. The number of carbonyl (C=O) groups excluding carboxylic acids is 1. The van der Waals surface area contributed by atoms with E-state index in [0.29, 0.717) is 45.8 Å². The number of fused-ring (bicyclic) bond motifs is 1. The number of aryl methyl sites for hydroxylation is 1. The van der Waals surface area contributed by atoms with Crippen molar-refractivity contribution in [1.29, 1.82) is 0 Å². The van der Waals surface area contributed by atoms with Gasteiger partial charge in [-0.2, -0.15) is 0 Å². The van der Waals surface area contributed by atoms with Crippen LogP contribution >= 0.6 is 23.2 Å². The summed E-state index contributed by atoms with van der Waals surface area (Å²) in [5.74, 6) is 0.874. The van der Waals surface area contributed by atoms with Gasteiger partial charge in [0.2, 0.25) is 5.91 Å². The Morgan fingerprint density at radius 1 is 1.13 bits per heavy atom. The van der Waals surface area contributed by atoms with E-state index in [1.54, 1.807) is 48.7 Å². The molecule has 0 aliphatic rings. The van der Waals surface area contributed by atoms with Gasteiger partial charge < -0.3 is 14.3 Å². The van der Waals surface area contributed by atoms with E-state index in [-0.39, 0.29) is 24.6 Å². The minimum atomic E-state index is -0.302. The molecule has 2 heterocycles. The summed E-state index contributed by atoms with van der Waals surface area (Å²) in [4.78, 5) is 16.9. The molecule has 0 atom stereocenters. The van der Waals surface area contributed by atoms with Gasteiger partial charge in [0.05, 0.1) is 33.9 Å². The Bertz CT molecular complexity index is 1190. The molecule has 0 radical (unpaired) electrons. The maximum atomic E-state index is 14.2. The molecule has 0 unspecified atom stereocenters. The first-order valence-electron chi connectivity index (χ1n) is 9.38. The maximum Gasteiger partial charge on any atom is 0.222 e. The third kappa shape index (κ3) is 4.50. The first-order valence-corrected chi connectivity index (χ1v) is 10.1. The third-order valence-corrected chi connectivity index (χ3v) is 5.50. The predicted octanol–water partition coefficient (Wildman–Crippen LogP) is 5.37. The summed E-state index contributed by atoms with van der Waals surface area (Å²) in [5.41, 5.74) is 1.91. The second-order valence-corrected chi connectivity index (χ2v) is 7.62. The molecule has 1 amide bonds. The van der Waals surface area contributed by atoms with Crippen molar-refractivity contribution in [3.8, 4) is 0 Å². The fraction of sp³-hybridized carbons (Fsp3) is 0.182. The zero-order valence-electron chi connectivity index (χ0n) is 15.9. The summed E-state index contributed by atoms with van der Waals surface area (Å²) in [6.07, 6.45) is 2.06. The fourth-order valence-corrected chi connectivity index (χ4v) is 3.58. The smallest absolute Gasteiger partial charge is 0.222 e. The van der Waals surface area contributed by atoms with Crippen LogP contribution < -0.4 is 5.32 Å². The van der Waals surface area contributed by atoms with Crippen molar-refractivity contribution < 1.29 is 13.6 Å². The van der Waals surface area contributed by atoms with Crippen molar-refractivity contribution in [2.24, 2.45) is 0 Å². The summed E-state index contributed by atoms with van der Waals surface area (Å²) >= 11 is 12.3. The van der Waals surface area contributed by atoms with Crippen LogP contribution in [0.2, 0.25) is 10.0 Å². The molecule has 1 N–H and O–H groups in total. The summed E-state index contributed by atoms with van der Waals surface area (Å²) in [5, 5.41) is 3.61. The van der Waals surface area contributed by atoms with Gasteiger partial charge >= 0.3 is 0 Å². The van der Waals surface area contributed by atoms with Gasteiger partial charge in [-0.3, -0.25) is 4.79 Å². The molecule has 0 spiro atoms. The van der Waals surface area contributed by atoms with Gasteiger partial charge in [-0.25, -0.2) is 9.37 Å². The highest BCUT2D eigenvalue weighted by Gasteiger charge is 2.16. The van der Waals surface area contributed by atoms with Gasteiger partial charge in [-0.15, -0.1) is 0 Å². The number of amides is 1. The van der Waals surface area contributed by atoms with Crippen molar-refractivity contribution in [3.05, 3.63) is 87.8 Å². The number of halogens is 3. The van der Waals surface area contributed by atoms with Crippen LogP contribution in [0.25, 0.3) is 11.0 Å². The Morgan fingerprint density at radius 3 is 2.70 bits per heavy atom. The topological polar surface area (TPSA) is 60.1 Å². The molecule has 0 saturated heterocycles. The molecular formula is C22H18Cl2FN3O2. The number of aromatic nitrogens is 2. The van der Waals surface area contributed by atoms with Crippen molar-refractivity contribution in [1.82, 2.24) is 14.9 Å². The molecule has 0 aliphatic carbocycles. The van der Waals surface area contributed by atoms with E-state index in [4.69, 9.17) is 27.6 Å². The molecule has 2 aromatic carbocycles. The summed E-state index contributed by atoms with van der Waals surface area (Å²) in [7, 11) is 0. The third-order valence-electron chi connectivity index (χ3n) is 4.78. The number of nitrogens with zero attached hydrogens (tertiary/aromatic N) is 2. The van der Waals surface area contributed by atoms with Crippen LogP contribution in [0.5, 0.6) is 0 Å². The summed E-state index contributed by atoms with van der Waals surface area (Å²) < 4.78 is 21.3.